The largest absolute Gasteiger partial charge is 0.478 e. The van der Waals surface area contributed by atoms with Crippen molar-refractivity contribution in [3.63, 3.8) is 0 Å². The third kappa shape index (κ3) is 5.83. The van der Waals surface area contributed by atoms with E-state index in [1.807, 2.05) is 0 Å². The van der Waals surface area contributed by atoms with Crippen LogP contribution in [0.5, 0.6) is 0 Å². The van der Waals surface area contributed by atoms with E-state index in [0.717, 1.165) is 0 Å². The zero-order chi connectivity index (χ0) is 27.5. The standard InChI is InChI=1S/C22H25N3O7S.2Na/c1-9-16-15(10(2)26)20(28)25(16)17(22(31)32)18(9)33-13-7-14(23-8-13)19(27)24-12-5-3-4-11(6-12)21(29)30;;/h3-6,9-10,13-16,23,26H,7-8H2,1-2H3,(H,24,27)(H,29,30)(H,31,32);;/t9-,10-,13+,14+,15-,16-;;/m1../s1/i3D,4D,5D,6D;;. The Morgan fingerprint density at radius 1 is 1.26 bits per heavy atom. The van der Waals surface area contributed by atoms with Gasteiger partial charge in [0.15, 0.2) is 0 Å². The number of amides is 2. The monoisotopic (exact) mass is 525 g/mol. The van der Waals surface area contributed by atoms with Gasteiger partial charge in [0, 0.05) is 87.4 Å². The SMILES string of the molecule is [2H]c1c([2H])c(NC(=O)[C@@H]2C[C@H](SC3=C(C(=O)O)N4C(=O)[C@H]([C@@H](C)O)[C@H]4[C@H]3C)CN2)c([2H])c(C(=O)O)c1[2H].[Na].[Na]. The Kier molecular flexibility index (Phi) is 8.45. The second-order valence-electron chi connectivity index (χ2n) is 8.25. The molecule has 0 spiro atoms. The van der Waals surface area contributed by atoms with Crippen molar-refractivity contribution in [1.29, 1.82) is 0 Å². The maximum Gasteiger partial charge on any atom is 0.353 e. The summed E-state index contributed by atoms with van der Waals surface area (Å²) in [6, 6.07) is -4.17. The summed E-state index contributed by atoms with van der Waals surface area (Å²) < 4.78 is 31.5. The number of carbonyl (C=O) groups excluding carboxylic acids is 2. The molecule has 0 aliphatic carbocycles. The Morgan fingerprint density at radius 2 is 1.94 bits per heavy atom. The molecule has 5 N–H and O–H groups in total. The Labute approximate surface area is 256 Å². The van der Waals surface area contributed by atoms with Crippen LogP contribution in [0, 0.1) is 11.8 Å². The molecule has 35 heavy (non-hydrogen) atoms. The number of rotatable bonds is 7. The van der Waals surface area contributed by atoms with Crippen molar-refractivity contribution >= 4 is 100 Å². The van der Waals surface area contributed by atoms with E-state index < -0.39 is 83.3 Å². The van der Waals surface area contributed by atoms with Gasteiger partial charge in [-0.2, -0.15) is 0 Å². The van der Waals surface area contributed by atoms with Crippen molar-refractivity contribution in [1.82, 2.24) is 10.2 Å². The van der Waals surface area contributed by atoms with Gasteiger partial charge in [-0.05, 0) is 31.5 Å². The van der Waals surface area contributed by atoms with Gasteiger partial charge in [0.05, 0.1) is 35.2 Å². The van der Waals surface area contributed by atoms with Crippen LogP contribution < -0.4 is 10.6 Å². The summed E-state index contributed by atoms with van der Waals surface area (Å²) in [6.45, 7) is 3.60. The van der Waals surface area contributed by atoms with E-state index in [1.165, 1.54) is 23.6 Å². The molecule has 0 saturated carbocycles. The zero-order valence-electron chi connectivity index (χ0n) is 23.7. The minimum Gasteiger partial charge on any atom is -0.478 e. The fraction of sp³-hybridized carbons (Fsp3) is 0.455. The molecular formula is C22H25N3Na2O7S. The van der Waals surface area contributed by atoms with E-state index >= 15 is 0 Å². The number of β-lactam (4-membered cyclic amide) rings is 1. The predicted molar refractivity (Wildman–Crippen MR) is 131 cm³/mol. The van der Waals surface area contributed by atoms with Crippen molar-refractivity contribution in [2.24, 2.45) is 11.8 Å². The number of aliphatic carboxylic acids is 1. The molecule has 3 aliphatic rings. The Hall–Kier alpha value is -0.890. The van der Waals surface area contributed by atoms with Crippen molar-refractivity contribution in [2.45, 2.75) is 43.7 Å². The fourth-order valence-electron chi connectivity index (χ4n) is 4.57. The Bertz CT molecular complexity index is 1270. The number of thioether (sulfide) groups is 1. The molecule has 10 nitrogen and oxygen atoms in total. The second-order valence-corrected chi connectivity index (χ2v) is 9.59. The first-order chi connectivity index (χ1) is 17.3. The average molecular weight is 526 g/mol. The number of benzene rings is 1. The summed E-state index contributed by atoms with van der Waals surface area (Å²) in [7, 11) is 0. The van der Waals surface area contributed by atoms with E-state index in [4.69, 9.17) is 5.48 Å². The summed E-state index contributed by atoms with van der Waals surface area (Å²) in [4.78, 5) is 50.6. The molecule has 6 atom stereocenters. The van der Waals surface area contributed by atoms with Crippen molar-refractivity contribution in [3.05, 3.63) is 40.3 Å². The number of carboxylic acids is 2. The van der Waals surface area contributed by atoms with E-state index in [9.17, 15) is 34.5 Å². The van der Waals surface area contributed by atoms with E-state index in [0.29, 0.717) is 11.4 Å². The number of carbonyl (C=O) groups is 4. The summed E-state index contributed by atoms with van der Waals surface area (Å²) >= 11 is 1.24. The maximum absolute atomic E-state index is 12.9. The molecule has 3 aliphatic heterocycles. The van der Waals surface area contributed by atoms with Crippen LogP contribution in [0.25, 0.3) is 0 Å². The minimum absolute atomic E-state index is 0. The van der Waals surface area contributed by atoms with Gasteiger partial charge in [-0.15, -0.1) is 11.8 Å². The second kappa shape index (κ2) is 12.1. The molecule has 178 valence electrons. The first-order valence-corrected chi connectivity index (χ1v) is 11.2. The molecule has 1 aromatic rings. The first-order valence-electron chi connectivity index (χ1n) is 12.3. The molecule has 13 heteroatoms. The summed E-state index contributed by atoms with van der Waals surface area (Å²) in [5.74, 6) is -4.99. The molecule has 2 saturated heterocycles. The Balaban J connectivity index is 0.00000267. The number of carboxylic acid groups (broad SMARTS) is 2. The fourth-order valence-corrected chi connectivity index (χ4v) is 6.05. The number of anilines is 1. The van der Waals surface area contributed by atoms with Gasteiger partial charge in [0.2, 0.25) is 11.8 Å². The zero-order valence-corrected chi connectivity index (χ0v) is 24.5. The molecule has 0 aromatic heterocycles. The Morgan fingerprint density at radius 3 is 2.54 bits per heavy atom. The third-order valence-corrected chi connectivity index (χ3v) is 7.61. The normalized spacial score (nSPS) is 29.4. The predicted octanol–water partition coefficient (Wildman–Crippen LogP) is 0.179. The van der Waals surface area contributed by atoms with Crippen LogP contribution in [-0.2, 0) is 14.4 Å². The van der Waals surface area contributed by atoms with E-state index in [-0.39, 0.29) is 82.4 Å². The van der Waals surface area contributed by atoms with Gasteiger partial charge >= 0.3 is 11.9 Å². The molecule has 2 fully saturated rings. The maximum atomic E-state index is 12.9. The number of hydrogen-bond acceptors (Lipinski definition) is 7. The average Bonchev–Trinajstić information content (AvgIpc) is 3.37. The number of nitrogens with one attached hydrogen (secondary N) is 2. The van der Waals surface area contributed by atoms with Crippen molar-refractivity contribution in [2.75, 3.05) is 11.9 Å². The van der Waals surface area contributed by atoms with Crippen LogP contribution in [0.15, 0.2) is 34.8 Å². The van der Waals surface area contributed by atoms with Gasteiger partial charge in [0.1, 0.15) is 5.70 Å². The number of fused-ring (bicyclic) bond motifs is 1. The van der Waals surface area contributed by atoms with E-state index in [1.54, 1.807) is 6.92 Å². The van der Waals surface area contributed by atoms with Crippen LogP contribution in [-0.4, -0.2) is 133 Å². The molecule has 0 unspecified atom stereocenters. The summed E-state index contributed by atoms with van der Waals surface area (Å²) in [5.41, 5.74) is -1.38. The van der Waals surface area contributed by atoms with Crippen LogP contribution >= 0.6 is 11.8 Å². The quantitative estimate of drug-likeness (QED) is 0.248. The molecule has 2 amide bonds. The molecule has 2 radical (unpaired) electrons. The molecular weight excluding hydrogens is 496 g/mol. The number of aliphatic hydroxyl groups is 1. The van der Waals surface area contributed by atoms with E-state index in [2.05, 4.69) is 10.6 Å². The number of nitrogens with zero attached hydrogens (tertiary/aromatic N) is 1. The number of aliphatic hydroxyl groups excluding tert-OH is 1. The summed E-state index contributed by atoms with van der Waals surface area (Å²) in [5, 5.41) is 34.1. The van der Waals surface area contributed by atoms with Crippen LogP contribution in [0.3, 0.4) is 0 Å². The molecule has 1 aromatic carbocycles. The first kappa shape index (κ1) is 24.4. The summed E-state index contributed by atoms with van der Waals surface area (Å²) in [6.07, 6.45) is -0.690. The van der Waals surface area contributed by atoms with Gasteiger partial charge in [-0.25, -0.2) is 9.59 Å². The number of hydrogen-bond donors (Lipinski definition) is 5. The molecule has 0 bridgehead atoms. The smallest absolute Gasteiger partial charge is 0.353 e. The topological polar surface area (TPSA) is 156 Å². The van der Waals surface area contributed by atoms with Crippen LogP contribution in [0.1, 0.15) is 36.1 Å². The van der Waals surface area contributed by atoms with Crippen LogP contribution in [0.2, 0.25) is 0 Å². The minimum atomic E-state index is -1.62. The van der Waals surface area contributed by atoms with Crippen LogP contribution in [0.4, 0.5) is 5.69 Å². The van der Waals surface area contributed by atoms with Crippen molar-refractivity contribution < 1.29 is 40.0 Å². The van der Waals surface area contributed by atoms with Gasteiger partial charge in [0.25, 0.3) is 0 Å². The van der Waals surface area contributed by atoms with Gasteiger partial charge in [-0.1, -0.05) is 13.0 Å². The third-order valence-electron chi connectivity index (χ3n) is 6.10. The number of aromatic carboxylic acids is 1. The van der Waals surface area contributed by atoms with Crippen molar-refractivity contribution in [3.8, 4) is 0 Å². The molecule has 3 heterocycles. The van der Waals surface area contributed by atoms with Gasteiger partial charge < -0.3 is 30.9 Å². The van der Waals surface area contributed by atoms with Gasteiger partial charge in [-0.3, -0.25) is 9.59 Å². The molecule has 4 rings (SSSR count).